The van der Waals surface area contributed by atoms with E-state index in [9.17, 15) is 13.5 Å². The normalized spacial score (nSPS) is 22.1. The summed E-state index contributed by atoms with van der Waals surface area (Å²) in [6.07, 6.45) is 7.36. The number of rotatable bonds is 5. The predicted molar refractivity (Wildman–Crippen MR) is 78.8 cm³/mol. The average molecular weight is 293 g/mol. The molecule has 0 saturated carbocycles. The van der Waals surface area contributed by atoms with Gasteiger partial charge in [0.2, 0.25) is 10.0 Å². The van der Waals surface area contributed by atoms with E-state index in [0.29, 0.717) is 13.0 Å². The molecule has 1 aliphatic carbocycles. The van der Waals surface area contributed by atoms with Crippen LogP contribution >= 0.6 is 0 Å². The molecular formula is C15H19NO3S. The molecular weight excluding hydrogens is 274 g/mol. The van der Waals surface area contributed by atoms with Crippen LogP contribution in [0.4, 0.5) is 0 Å². The van der Waals surface area contributed by atoms with Crippen molar-refractivity contribution in [2.24, 2.45) is 5.92 Å². The predicted octanol–water partition coefficient (Wildman–Crippen LogP) is 1.77. The van der Waals surface area contributed by atoms with Crippen LogP contribution in [0.25, 0.3) is 0 Å². The van der Waals surface area contributed by atoms with Gasteiger partial charge in [0.15, 0.2) is 0 Å². The Hall–Kier alpha value is -1.43. The summed E-state index contributed by atoms with van der Waals surface area (Å²) >= 11 is 0. The van der Waals surface area contributed by atoms with E-state index in [4.69, 9.17) is 0 Å². The lowest BCUT2D eigenvalue weighted by Crippen LogP contribution is -2.26. The number of aliphatic hydroxyl groups excluding tert-OH is 1. The summed E-state index contributed by atoms with van der Waals surface area (Å²) < 4.78 is 26.7. The average Bonchev–Trinajstić information content (AvgIpc) is 2.41. The standard InChI is InChI=1S/C15H19NO3S/c1-12-2-8-15(9-3-12)20(18,19)16-11-10-13-4-6-14(17)7-5-13/h2-9,13-14,16-17H,10-11H2,1H3. The number of hydrogen-bond donors (Lipinski definition) is 2. The molecule has 2 N–H and O–H groups in total. The zero-order chi connectivity index (χ0) is 14.6. The zero-order valence-electron chi connectivity index (χ0n) is 11.4. The van der Waals surface area contributed by atoms with Gasteiger partial charge in [0, 0.05) is 6.54 Å². The first-order valence-electron chi connectivity index (χ1n) is 6.58. The minimum Gasteiger partial charge on any atom is -0.385 e. The fraction of sp³-hybridized carbons (Fsp3) is 0.333. The molecule has 1 aromatic carbocycles. The molecule has 0 fully saturated rings. The highest BCUT2D eigenvalue weighted by atomic mass is 32.2. The second-order valence-electron chi connectivity index (χ2n) is 4.92. The summed E-state index contributed by atoms with van der Waals surface area (Å²) in [7, 11) is -3.44. The van der Waals surface area contributed by atoms with E-state index in [0.717, 1.165) is 5.56 Å². The molecule has 0 aliphatic heterocycles. The summed E-state index contributed by atoms with van der Waals surface area (Å²) in [5.41, 5.74) is 1.03. The maximum absolute atomic E-state index is 12.1. The van der Waals surface area contributed by atoms with Crippen molar-refractivity contribution in [2.75, 3.05) is 6.54 Å². The molecule has 4 nitrogen and oxygen atoms in total. The van der Waals surface area contributed by atoms with Crippen LogP contribution in [0.2, 0.25) is 0 Å². The molecule has 0 atom stereocenters. The summed E-state index contributed by atoms with van der Waals surface area (Å²) in [5, 5.41) is 9.27. The van der Waals surface area contributed by atoms with Gasteiger partial charge in [-0.3, -0.25) is 0 Å². The van der Waals surface area contributed by atoms with Gasteiger partial charge in [-0.1, -0.05) is 42.0 Å². The van der Waals surface area contributed by atoms with Crippen LogP contribution in [0.15, 0.2) is 53.5 Å². The third-order valence-corrected chi connectivity index (χ3v) is 4.69. The highest BCUT2D eigenvalue weighted by Crippen LogP contribution is 2.14. The Labute approximate surface area is 119 Å². The number of hydrogen-bond acceptors (Lipinski definition) is 3. The van der Waals surface area contributed by atoms with E-state index in [2.05, 4.69) is 4.72 Å². The largest absolute Gasteiger partial charge is 0.385 e. The van der Waals surface area contributed by atoms with Crippen molar-refractivity contribution in [3.05, 3.63) is 54.1 Å². The van der Waals surface area contributed by atoms with Crippen molar-refractivity contribution in [1.82, 2.24) is 4.72 Å². The summed E-state index contributed by atoms with van der Waals surface area (Å²) in [6, 6.07) is 6.77. The second kappa shape index (κ2) is 6.35. The van der Waals surface area contributed by atoms with Gasteiger partial charge in [0.25, 0.3) is 0 Å². The Balaban J connectivity index is 1.88. The lowest BCUT2D eigenvalue weighted by atomic mass is 9.99. The minimum atomic E-state index is -3.44. The molecule has 108 valence electrons. The zero-order valence-corrected chi connectivity index (χ0v) is 12.2. The lowest BCUT2D eigenvalue weighted by molar-refractivity contribution is 0.268. The van der Waals surface area contributed by atoms with Crippen molar-refractivity contribution < 1.29 is 13.5 Å². The molecule has 0 aromatic heterocycles. The van der Waals surface area contributed by atoms with Gasteiger partial charge in [-0.15, -0.1) is 0 Å². The van der Waals surface area contributed by atoms with E-state index in [1.807, 2.05) is 19.1 Å². The Kier molecular flexibility index (Phi) is 4.75. The summed E-state index contributed by atoms with van der Waals surface area (Å²) in [4.78, 5) is 0.285. The molecule has 20 heavy (non-hydrogen) atoms. The molecule has 0 spiro atoms. The van der Waals surface area contributed by atoms with Gasteiger partial charge in [0.1, 0.15) is 0 Å². The first-order chi connectivity index (χ1) is 9.47. The quantitative estimate of drug-likeness (QED) is 0.813. The van der Waals surface area contributed by atoms with Crippen LogP contribution < -0.4 is 4.72 Å². The van der Waals surface area contributed by atoms with Gasteiger partial charge in [-0.25, -0.2) is 13.1 Å². The Morgan fingerprint density at radius 1 is 1.10 bits per heavy atom. The van der Waals surface area contributed by atoms with Crippen molar-refractivity contribution in [1.29, 1.82) is 0 Å². The molecule has 0 radical (unpaired) electrons. The highest BCUT2D eigenvalue weighted by molar-refractivity contribution is 7.89. The molecule has 1 aromatic rings. The fourth-order valence-electron chi connectivity index (χ4n) is 1.99. The topological polar surface area (TPSA) is 66.4 Å². The van der Waals surface area contributed by atoms with Gasteiger partial charge in [-0.05, 0) is 31.4 Å². The van der Waals surface area contributed by atoms with Crippen molar-refractivity contribution in [2.45, 2.75) is 24.3 Å². The Morgan fingerprint density at radius 3 is 2.30 bits per heavy atom. The summed E-state index contributed by atoms with van der Waals surface area (Å²) in [5.74, 6) is 0.166. The summed E-state index contributed by atoms with van der Waals surface area (Å²) in [6.45, 7) is 2.28. The molecule has 2 rings (SSSR count). The highest BCUT2D eigenvalue weighted by Gasteiger charge is 2.14. The van der Waals surface area contributed by atoms with E-state index >= 15 is 0 Å². The van der Waals surface area contributed by atoms with E-state index in [-0.39, 0.29) is 10.8 Å². The van der Waals surface area contributed by atoms with Crippen LogP contribution in [-0.2, 0) is 10.0 Å². The van der Waals surface area contributed by atoms with Crippen molar-refractivity contribution in [3.8, 4) is 0 Å². The van der Waals surface area contributed by atoms with E-state index in [1.165, 1.54) is 0 Å². The first kappa shape index (κ1) is 15.0. The van der Waals surface area contributed by atoms with Crippen LogP contribution in [0.3, 0.4) is 0 Å². The molecule has 0 bridgehead atoms. The second-order valence-corrected chi connectivity index (χ2v) is 6.69. The van der Waals surface area contributed by atoms with Crippen molar-refractivity contribution >= 4 is 10.0 Å². The fourth-order valence-corrected chi connectivity index (χ4v) is 3.04. The SMILES string of the molecule is Cc1ccc(S(=O)(=O)NCCC2C=CC(O)C=C2)cc1. The lowest BCUT2D eigenvalue weighted by Gasteiger charge is -2.14. The third kappa shape index (κ3) is 4.03. The number of allylic oxidation sites excluding steroid dienone is 2. The maximum atomic E-state index is 12.1. The molecule has 1 aliphatic rings. The van der Waals surface area contributed by atoms with E-state index in [1.54, 1.807) is 36.4 Å². The van der Waals surface area contributed by atoms with Crippen LogP contribution in [0, 0.1) is 12.8 Å². The molecule has 0 heterocycles. The van der Waals surface area contributed by atoms with E-state index < -0.39 is 16.1 Å². The first-order valence-corrected chi connectivity index (χ1v) is 8.07. The van der Waals surface area contributed by atoms with Gasteiger partial charge in [-0.2, -0.15) is 0 Å². The van der Waals surface area contributed by atoms with Gasteiger partial charge in [0.05, 0.1) is 11.0 Å². The monoisotopic (exact) mass is 293 g/mol. The number of sulfonamides is 1. The third-order valence-electron chi connectivity index (χ3n) is 3.21. The molecule has 0 amide bonds. The smallest absolute Gasteiger partial charge is 0.240 e. The number of benzene rings is 1. The Morgan fingerprint density at radius 2 is 1.70 bits per heavy atom. The van der Waals surface area contributed by atoms with Crippen LogP contribution in [0.1, 0.15) is 12.0 Å². The minimum absolute atomic E-state index is 0.166. The number of aliphatic hydroxyl groups is 1. The Bertz CT molecular complexity index is 589. The molecule has 0 unspecified atom stereocenters. The van der Waals surface area contributed by atoms with Gasteiger partial charge >= 0.3 is 0 Å². The van der Waals surface area contributed by atoms with Crippen molar-refractivity contribution in [3.63, 3.8) is 0 Å². The maximum Gasteiger partial charge on any atom is 0.240 e. The molecule has 5 heteroatoms. The number of nitrogens with one attached hydrogen (secondary N) is 1. The van der Waals surface area contributed by atoms with Crippen LogP contribution in [0.5, 0.6) is 0 Å². The molecule has 0 saturated heterocycles. The number of aryl methyl sites for hydroxylation is 1. The van der Waals surface area contributed by atoms with Gasteiger partial charge < -0.3 is 5.11 Å². The van der Waals surface area contributed by atoms with Crippen LogP contribution in [-0.4, -0.2) is 26.2 Å².